The lowest BCUT2D eigenvalue weighted by molar-refractivity contribution is -0.116. The van der Waals surface area contributed by atoms with Gasteiger partial charge in [-0.05, 0) is 61.8 Å². The van der Waals surface area contributed by atoms with Gasteiger partial charge in [0.1, 0.15) is 17.1 Å². The van der Waals surface area contributed by atoms with E-state index in [1.54, 1.807) is 62.5 Å². The molecule has 0 bridgehead atoms. The number of allylic oxidation sites excluding steroid dienone is 9. The molecule has 1 aliphatic heterocycles. The third-order valence-electron chi connectivity index (χ3n) is 4.58. The number of aliphatic hydroxyl groups is 2. The van der Waals surface area contributed by atoms with E-state index in [1.807, 2.05) is 13.0 Å². The van der Waals surface area contributed by atoms with Crippen molar-refractivity contribution in [3.8, 4) is 0 Å². The summed E-state index contributed by atoms with van der Waals surface area (Å²) < 4.78 is 0. The molecule has 29 heavy (non-hydrogen) atoms. The summed E-state index contributed by atoms with van der Waals surface area (Å²) in [7, 11) is 0. The van der Waals surface area contributed by atoms with Crippen molar-refractivity contribution in [1.82, 2.24) is 5.32 Å². The molecule has 4 nitrogen and oxygen atoms in total. The molecule has 1 amide bonds. The molecule has 1 atom stereocenters. The molecule has 1 rings (SSSR count). The SMILES string of the molecule is C=CC=C1/C(=C\C)C(=O)NC1(/C(C=C)=C/C=C(/O)C=C)C(/C=C\C(O)=C/C)=C/C. The Morgan fingerprint density at radius 1 is 0.931 bits per heavy atom. The van der Waals surface area contributed by atoms with E-state index in [1.165, 1.54) is 12.2 Å². The molecule has 0 aromatic carbocycles. The van der Waals surface area contributed by atoms with Gasteiger partial charge in [0.2, 0.25) is 0 Å². The standard InChI is InChI=1S/C25H29NO3/c1-7-13-23-22(12-6)24(29)26-25(23,18(8-2)14-16-20(27)10-4)19(9-3)15-17-21(28)11-5/h7-17,27-28H,1-2,4H2,3,5-6H3,(H,26,29)/b17-15-,18-14+,19-9+,20-16+,21-11+,22-12+,23-13?. The second-order valence-electron chi connectivity index (χ2n) is 6.14. The van der Waals surface area contributed by atoms with Crippen molar-refractivity contribution in [2.75, 3.05) is 0 Å². The van der Waals surface area contributed by atoms with Gasteiger partial charge < -0.3 is 15.5 Å². The summed E-state index contributed by atoms with van der Waals surface area (Å²) in [4.78, 5) is 12.8. The van der Waals surface area contributed by atoms with Crippen molar-refractivity contribution in [2.45, 2.75) is 26.3 Å². The van der Waals surface area contributed by atoms with Gasteiger partial charge in [-0.3, -0.25) is 4.79 Å². The number of hydrogen-bond acceptors (Lipinski definition) is 3. The van der Waals surface area contributed by atoms with Crippen LogP contribution in [0.1, 0.15) is 20.8 Å². The van der Waals surface area contributed by atoms with Crippen molar-refractivity contribution < 1.29 is 15.0 Å². The Morgan fingerprint density at radius 3 is 2.10 bits per heavy atom. The van der Waals surface area contributed by atoms with Gasteiger partial charge in [0.05, 0.1) is 0 Å². The molecule has 1 aliphatic rings. The lowest BCUT2D eigenvalue weighted by atomic mass is 9.75. The third-order valence-corrected chi connectivity index (χ3v) is 4.58. The van der Waals surface area contributed by atoms with Crippen LogP contribution in [0, 0.1) is 0 Å². The normalized spacial score (nSPS) is 24.3. The minimum Gasteiger partial charge on any atom is -0.508 e. The molecule has 4 heteroatoms. The van der Waals surface area contributed by atoms with Crippen molar-refractivity contribution in [1.29, 1.82) is 0 Å². The van der Waals surface area contributed by atoms with Gasteiger partial charge in [-0.15, -0.1) is 0 Å². The van der Waals surface area contributed by atoms with Gasteiger partial charge in [0, 0.05) is 5.57 Å². The van der Waals surface area contributed by atoms with Crippen LogP contribution in [0.5, 0.6) is 0 Å². The lowest BCUT2D eigenvalue weighted by Gasteiger charge is -2.34. The van der Waals surface area contributed by atoms with E-state index in [2.05, 4.69) is 25.1 Å². The summed E-state index contributed by atoms with van der Waals surface area (Å²) in [5.74, 6) is -0.167. The Balaban J connectivity index is 3.96. The number of carbonyl (C=O) groups is 1. The highest BCUT2D eigenvalue weighted by atomic mass is 16.3. The first kappa shape index (κ1) is 23.5. The fourth-order valence-electron chi connectivity index (χ4n) is 3.17. The van der Waals surface area contributed by atoms with Crippen LogP contribution < -0.4 is 5.32 Å². The molecule has 0 aromatic heterocycles. The fraction of sp³-hybridized carbons (Fsp3) is 0.160. The molecule has 152 valence electrons. The Bertz CT molecular complexity index is 904. The highest BCUT2D eigenvalue weighted by molar-refractivity contribution is 6.05. The van der Waals surface area contributed by atoms with Gasteiger partial charge in [0.15, 0.2) is 0 Å². The van der Waals surface area contributed by atoms with E-state index in [9.17, 15) is 15.0 Å². The van der Waals surface area contributed by atoms with Crippen LogP contribution in [0.3, 0.4) is 0 Å². The molecule has 1 unspecified atom stereocenters. The van der Waals surface area contributed by atoms with Crippen LogP contribution in [-0.2, 0) is 4.79 Å². The Labute approximate surface area is 173 Å². The second kappa shape index (κ2) is 10.7. The second-order valence-corrected chi connectivity index (χ2v) is 6.14. The van der Waals surface area contributed by atoms with E-state index >= 15 is 0 Å². The van der Waals surface area contributed by atoms with Crippen LogP contribution in [0.2, 0.25) is 0 Å². The average molecular weight is 392 g/mol. The van der Waals surface area contributed by atoms with Crippen molar-refractivity contribution in [2.24, 2.45) is 0 Å². The van der Waals surface area contributed by atoms with Gasteiger partial charge in [-0.25, -0.2) is 0 Å². The molecule has 3 N–H and O–H groups in total. The van der Waals surface area contributed by atoms with Crippen LogP contribution >= 0.6 is 0 Å². The van der Waals surface area contributed by atoms with Gasteiger partial charge >= 0.3 is 0 Å². The minimum absolute atomic E-state index is 0.0199. The smallest absolute Gasteiger partial charge is 0.252 e. The van der Waals surface area contributed by atoms with E-state index in [-0.39, 0.29) is 17.4 Å². The molecule has 0 radical (unpaired) electrons. The predicted molar refractivity (Wildman–Crippen MR) is 121 cm³/mol. The topological polar surface area (TPSA) is 69.6 Å². The molecule has 0 saturated carbocycles. The summed E-state index contributed by atoms with van der Waals surface area (Å²) in [5, 5.41) is 22.8. The summed E-state index contributed by atoms with van der Waals surface area (Å²) in [6, 6.07) is 0. The summed E-state index contributed by atoms with van der Waals surface area (Å²) >= 11 is 0. The van der Waals surface area contributed by atoms with Crippen LogP contribution in [-0.4, -0.2) is 21.7 Å². The van der Waals surface area contributed by atoms with Crippen molar-refractivity contribution in [3.05, 3.63) is 120 Å². The molecule has 1 saturated heterocycles. The van der Waals surface area contributed by atoms with Crippen LogP contribution in [0.25, 0.3) is 0 Å². The number of amides is 1. The number of nitrogens with one attached hydrogen (secondary N) is 1. The maximum atomic E-state index is 12.8. The average Bonchev–Trinajstić information content (AvgIpc) is 3.00. The highest BCUT2D eigenvalue weighted by Crippen LogP contribution is 2.43. The summed E-state index contributed by atoms with van der Waals surface area (Å²) in [6.45, 7) is 16.6. The van der Waals surface area contributed by atoms with Crippen LogP contribution in [0.15, 0.2) is 120 Å². The number of aliphatic hydroxyl groups excluding tert-OH is 2. The largest absolute Gasteiger partial charge is 0.508 e. The Hall–Kier alpha value is -3.53. The fourth-order valence-corrected chi connectivity index (χ4v) is 3.17. The third kappa shape index (κ3) is 4.85. The monoisotopic (exact) mass is 391 g/mol. The van der Waals surface area contributed by atoms with E-state index in [4.69, 9.17) is 0 Å². The minimum atomic E-state index is -1.08. The molecule has 0 spiro atoms. The van der Waals surface area contributed by atoms with E-state index in [0.29, 0.717) is 22.3 Å². The van der Waals surface area contributed by atoms with Crippen molar-refractivity contribution in [3.63, 3.8) is 0 Å². The quantitative estimate of drug-likeness (QED) is 0.286. The highest BCUT2D eigenvalue weighted by Gasteiger charge is 2.48. The number of carbonyl (C=O) groups excluding carboxylic acids is 1. The molecular formula is C25H29NO3. The maximum Gasteiger partial charge on any atom is 0.252 e. The zero-order valence-corrected chi connectivity index (χ0v) is 17.3. The molecule has 0 aromatic rings. The maximum absolute atomic E-state index is 12.8. The summed E-state index contributed by atoms with van der Waals surface area (Å²) in [6.07, 6.45) is 17.9. The zero-order chi connectivity index (χ0) is 22.0. The first-order valence-corrected chi connectivity index (χ1v) is 9.24. The molecule has 1 heterocycles. The zero-order valence-electron chi connectivity index (χ0n) is 17.3. The Morgan fingerprint density at radius 2 is 1.62 bits per heavy atom. The van der Waals surface area contributed by atoms with Gasteiger partial charge in [-0.1, -0.05) is 62.3 Å². The van der Waals surface area contributed by atoms with Gasteiger partial charge in [-0.2, -0.15) is 0 Å². The molecule has 1 fully saturated rings. The molecular weight excluding hydrogens is 362 g/mol. The number of hydrogen-bond donors (Lipinski definition) is 3. The lowest BCUT2D eigenvalue weighted by Crippen LogP contribution is -2.45. The van der Waals surface area contributed by atoms with Gasteiger partial charge in [0.25, 0.3) is 5.91 Å². The Kier molecular flexibility index (Phi) is 8.69. The first-order chi connectivity index (χ1) is 13.9. The number of rotatable bonds is 8. The van der Waals surface area contributed by atoms with E-state index < -0.39 is 5.54 Å². The first-order valence-electron chi connectivity index (χ1n) is 9.24. The predicted octanol–water partition coefficient (Wildman–Crippen LogP) is 5.62. The summed E-state index contributed by atoms with van der Waals surface area (Å²) in [5.41, 5.74) is 1.46. The van der Waals surface area contributed by atoms with Crippen LogP contribution in [0.4, 0.5) is 0 Å². The van der Waals surface area contributed by atoms with Crippen molar-refractivity contribution >= 4 is 5.91 Å². The van der Waals surface area contributed by atoms with E-state index in [0.717, 1.165) is 0 Å². The molecule has 0 aliphatic carbocycles.